The molecule has 2 heteroatoms. The van der Waals surface area contributed by atoms with Crippen LogP contribution in [0.5, 0.6) is 0 Å². The highest BCUT2D eigenvalue weighted by Gasteiger charge is 2.01. The van der Waals surface area contributed by atoms with Gasteiger partial charge in [-0.1, -0.05) is 6.58 Å². The highest BCUT2D eigenvalue weighted by atomic mass is 32.1. The number of ether oxygens (including phenoxy) is 1. The lowest BCUT2D eigenvalue weighted by molar-refractivity contribution is 0.438. The zero-order chi connectivity index (χ0) is 8.97. The Morgan fingerprint density at radius 3 is 2.83 bits per heavy atom. The van der Waals surface area contributed by atoms with Gasteiger partial charge < -0.3 is 4.74 Å². The molecule has 0 aliphatic carbocycles. The fourth-order valence-electron chi connectivity index (χ4n) is 0.965. The first-order valence-corrected chi connectivity index (χ1v) is 4.65. The van der Waals surface area contributed by atoms with E-state index in [2.05, 4.69) is 24.9 Å². The minimum atomic E-state index is 0.870. The van der Waals surface area contributed by atoms with Crippen molar-refractivity contribution in [1.82, 2.24) is 0 Å². The van der Waals surface area contributed by atoms with Crippen molar-refractivity contribution in [1.29, 1.82) is 0 Å². The highest BCUT2D eigenvalue weighted by molar-refractivity contribution is 7.10. The molecule has 1 rings (SSSR count). The Bertz CT molecular complexity index is 297. The Kier molecular flexibility index (Phi) is 3.11. The van der Waals surface area contributed by atoms with Gasteiger partial charge in [-0.2, -0.15) is 0 Å². The van der Waals surface area contributed by atoms with Crippen LogP contribution in [0.25, 0.3) is 5.76 Å². The van der Waals surface area contributed by atoms with Crippen molar-refractivity contribution >= 4 is 17.1 Å². The first kappa shape index (κ1) is 9.07. The lowest BCUT2D eigenvalue weighted by atomic mass is 10.2. The summed E-state index contributed by atoms with van der Waals surface area (Å²) in [5.41, 5.74) is 1.12. The van der Waals surface area contributed by atoms with E-state index in [-0.39, 0.29) is 0 Å². The van der Waals surface area contributed by atoms with Crippen LogP contribution in [0.1, 0.15) is 17.4 Å². The number of thiophene rings is 1. The molecule has 1 aromatic heterocycles. The molecule has 0 radical (unpaired) electrons. The number of hydrogen-bond donors (Lipinski definition) is 0. The second-order valence-electron chi connectivity index (χ2n) is 2.38. The van der Waals surface area contributed by atoms with E-state index in [1.165, 1.54) is 11.1 Å². The average molecular weight is 180 g/mol. The molecule has 0 saturated carbocycles. The highest BCUT2D eigenvalue weighted by Crippen LogP contribution is 2.22. The Labute approximate surface area is 77.0 Å². The van der Waals surface area contributed by atoms with Gasteiger partial charge in [-0.15, -0.1) is 11.3 Å². The largest absolute Gasteiger partial charge is 0.465 e. The summed E-state index contributed by atoms with van der Waals surface area (Å²) in [7, 11) is 0. The lowest BCUT2D eigenvalue weighted by Gasteiger charge is -2.01. The Morgan fingerprint density at radius 1 is 1.67 bits per heavy atom. The van der Waals surface area contributed by atoms with Crippen LogP contribution in [0.2, 0.25) is 0 Å². The molecule has 0 spiro atoms. The molecular formula is C10H12OS. The van der Waals surface area contributed by atoms with Crippen LogP contribution >= 0.6 is 11.3 Å². The molecule has 1 aromatic rings. The van der Waals surface area contributed by atoms with Crippen LogP contribution in [0, 0.1) is 6.92 Å². The predicted octanol–water partition coefficient (Wildman–Crippen LogP) is 3.58. The molecule has 0 amide bonds. The van der Waals surface area contributed by atoms with Gasteiger partial charge in [-0.3, -0.25) is 0 Å². The molecule has 0 aliphatic rings. The third-order valence-electron chi connectivity index (χ3n) is 1.49. The van der Waals surface area contributed by atoms with Gasteiger partial charge in [-0.05, 0) is 26.0 Å². The Morgan fingerprint density at radius 2 is 2.42 bits per heavy atom. The van der Waals surface area contributed by atoms with E-state index in [9.17, 15) is 0 Å². The van der Waals surface area contributed by atoms with Crippen LogP contribution in [-0.2, 0) is 4.74 Å². The van der Waals surface area contributed by atoms with Gasteiger partial charge in [-0.25, -0.2) is 0 Å². The van der Waals surface area contributed by atoms with E-state index in [1.807, 2.05) is 13.0 Å². The number of rotatable bonds is 3. The normalized spacial score (nSPS) is 11.3. The summed E-state index contributed by atoms with van der Waals surface area (Å²) in [6, 6.07) is 2.10. The minimum absolute atomic E-state index is 0.870. The second kappa shape index (κ2) is 4.12. The first-order chi connectivity index (χ1) is 5.77. The Hall–Kier alpha value is -1.02. The molecule has 12 heavy (non-hydrogen) atoms. The quantitative estimate of drug-likeness (QED) is 0.646. The number of hydrogen-bond acceptors (Lipinski definition) is 2. The van der Waals surface area contributed by atoms with Crippen molar-refractivity contribution in [3.63, 3.8) is 0 Å². The van der Waals surface area contributed by atoms with Gasteiger partial charge in [0.05, 0.1) is 6.26 Å². The maximum Gasteiger partial charge on any atom is 0.130 e. The van der Waals surface area contributed by atoms with Gasteiger partial charge in [0.25, 0.3) is 0 Å². The second-order valence-corrected chi connectivity index (χ2v) is 3.50. The zero-order valence-electron chi connectivity index (χ0n) is 7.33. The van der Waals surface area contributed by atoms with Crippen LogP contribution in [0.15, 0.2) is 30.4 Å². The third-order valence-corrected chi connectivity index (χ3v) is 2.35. The van der Waals surface area contributed by atoms with E-state index in [0.29, 0.717) is 0 Å². The maximum absolute atomic E-state index is 5.22. The SMILES string of the molecule is C=CO/C(=C\C)c1csc(C)c1. The first-order valence-electron chi connectivity index (χ1n) is 3.77. The van der Waals surface area contributed by atoms with Crippen molar-refractivity contribution in [3.8, 4) is 0 Å². The molecule has 0 atom stereocenters. The van der Waals surface area contributed by atoms with E-state index in [4.69, 9.17) is 4.74 Å². The molecule has 0 bridgehead atoms. The standard InChI is InChI=1S/C10H12OS/c1-4-10(11-5-2)9-6-8(3)12-7-9/h4-7H,2H2,1,3H3/b10-4-. The summed E-state index contributed by atoms with van der Waals surface area (Å²) >= 11 is 1.72. The monoisotopic (exact) mass is 180 g/mol. The predicted molar refractivity (Wildman–Crippen MR) is 54.0 cm³/mol. The summed E-state index contributed by atoms with van der Waals surface area (Å²) in [4.78, 5) is 1.29. The Balaban J connectivity index is 2.87. The van der Waals surface area contributed by atoms with Crippen molar-refractivity contribution in [2.75, 3.05) is 0 Å². The van der Waals surface area contributed by atoms with Gasteiger partial charge in [0, 0.05) is 15.8 Å². The van der Waals surface area contributed by atoms with Crippen LogP contribution < -0.4 is 0 Å². The third kappa shape index (κ3) is 1.98. The van der Waals surface area contributed by atoms with Crippen LogP contribution in [0.4, 0.5) is 0 Å². The molecule has 1 nitrogen and oxygen atoms in total. The number of allylic oxidation sites excluding steroid dienone is 1. The van der Waals surface area contributed by atoms with Crippen molar-refractivity contribution in [2.24, 2.45) is 0 Å². The van der Waals surface area contributed by atoms with Crippen molar-refractivity contribution in [2.45, 2.75) is 13.8 Å². The summed E-state index contributed by atoms with van der Waals surface area (Å²) in [6.45, 7) is 7.55. The maximum atomic E-state index is 5.22. The molecule has 0 aliphatic heterocycles. The summed E-state index contributed by atoms with van der Waals surface area (Å²) < 4.78 is 5.22. The van der Waals surface area contributed by atoms with E-state index in [1.54, 1.807) is 11.3 Å². The summed E-state index contributed by atoms with van der Waals surface area (Å²) in [5, 5.41) is 2.08. The van der Waals surface area contributed by atoms with Gasteiger partial charge >= 0.3 is 0 Å². The smallest absolute Gasteiger partial charge is 0.130 e. The van der Waals surface area contributed by atoms with E-state index >= 15 is 0 Å². The summed E-state index contributed by atoms with van der Waals surface area (Å²) in [6.07, 6.45) is 3.38. The molecule has 0 N–H and O–H groups in total. The van der Waals surface area contributed by atoms with E-state index in [0.717, 1.165) is 11.3 Å². The van der Waals surface area contributed by atoms with Crippen molar-refractivity contribution < 1.29 is 4.74 Å². The average Bonchev–Trinajstić information content (AvgIpc) is 2.47. The molecule has 64 valence electrons. The molecule has 0 saturated heterocycles. The molecule has 0 fully saturated rings. The topological polar surface area (TPSA) is 9.23 Å². The van der Waals surface area contributed by atoms with E-state index < -0.39 is 0 Å². The molecule has 0 aromatic carbocycles. The van der Waals surface area contributed by atoms with Crippen LogP contribution in [-0.4, -0.2) is 0 Å². The zero-order valence-corrected chi connectivity index (χ0v) is 8.15. The minimum Gasteiger partial charge on any atom is -0.465 e. The summed E-state index contributed by atoms with van der Waals surface area (Å²) in [5.74, 6) is 0.870. The molecular weight excluding hydrogens is 168 g/mol. The fourth-order valence-corrected chi connectivity index (χ4v) is 1.66. The fraction of sp³-hybridized carbons (Fsp3) is 0.200. The number of aryl methyl sites for hydroxylation is 1. The van der Waals surface area contributed by atoms with Crippen LogP contribution in [0.3, 0.4) is 0 Å². The lowest BCUT2D eigenvalue weighted by Crippen LogP contribution is -1.81. The van der Waals surface area contributed by atoms with Crippen molar-refractivity contribution in [3.05, 3.63) is 40.8 Å². The van der Waals surface area contributed by atoms with Gasteiger partial charge in [0.2, 0.25) is 0 Å². The molecule has 1 heterocycles. The van der Waals surface area contributed by atoms with Gasteiger partial charge in [0.15, 0.2) is 0 Å². The molecule has 0 unspecified atom stereocenters. The van der Waals surface area contributed by atoms with Gasteiger partial charge in [0.1, 0.15) is 5.76 Å².